The highest BCUT2D eigenvalue weighted by Gasteiger charge is 2.60. The number of para-hydroxylation sites is 1. The van der Waals surface area contributed by atoms with Crippen LogP contribution in [-0.2, 0) is 20.8 Å². The minimum Gasteiger partial charge on any atom is -0.469 e. The Morgan fingerprint density at radius 3 is 2.76 bits per heavy atom. The van der Waals surface area contributed by atoms with Crippen LogP contribution in [0.1, 0.15) is 18.4 Å². The third-order valence-corrected chi connectivity index (χ3v) is 9.01. The molecule has 0 saturated carbocycles. The van der Waals surface area contributed by atoms with Gasteiger partial charge in [0.1, 0.15) is 17.3 Å². The van der Waals surface area contributed by atoms with Crippen LogP contribution in [-0.4, -0.2) is 58.9 Å². The van der Waals surface area contributed by atoms with Gasteiger partial charge in [-0.1, -0.05) is 47.2 Å². The lowest BCUT2D eigenvalue weighted by atomic mass is 10.1. The van der Waals surface area contributed by atoms with Crippen molar-refractivity contribution in [3.8, 4) is 0 Å². The van der Waals surface area contributed by atoms with E-state index in [1.165, 1.54) is 47.2 Å². The highest BCUT2D eigenvalue weighted by atomic mass is 35.5. The molecular formula is C24H24ClFN4O5S2. The number of halogens is 2. The van der Waals surface area contributed by atoms with Gasteiger partial charge in [-0.2, -0.15) is 0 Å². The van der Waals surface area contributed by atoms with Gasteiger partial charge in [0.2, 0.25) is 0 Å². The van der Waals surface area contributed by atoms with Crippen LogP contribution in [0.25, 0.3) is 10.2 Å². The minimum absolute atomic E-state index is 0.00983. The Labute approximate surface area is 225 Å². The number of thioether (sulfide) groups is 1. The van der Waals surface area contributed by atoms with Crippen LogP contribution in [0.5, 0.6) is 0 Å². The molecule has 2 aromatic carbocycles. The summed E-state index contributed by atoms with van der Waals surface area (Å²) < 4.78 is 24.8. The Kier molecular flexibility index (Phi) is 8.40. The lowest BCUT2D eigenvalue weighted by Gasteiger charge is -2.28. The number of nitrogens with one attached hydrogen (secondary N) is 2. The standard InChI is InChI=1S/C24H24ClFN4O5S2/c1-30(22(32)27-12-14-6-5-7-15(26)20(14)25)24(11-10-19(31)34-2)18(37-24)13-35-23(33)29-21-28-16-8-3-4-9-17(16)36-21/h3-9,18H,10-13H2,1-2H3,(H,27,32)(H,28,29,33)/t18?,24-/m0/s1. The topological polar surface area (TPSA) is 110 Å². The van der Waals surface area contributed by atoms with Crippen LogP contribution in [0, 0.1) is 5.82 Å². The fraction of sp³-hybridized carbons (Fsp3) is 0.333. The molecule has 0 bridgehead atoms. The fourth-order valence-corrected chi connectivity index (χ4v) is 6.20. The van der Waals surface area contributed by atoms with E-state index in [0.717, 1.165) is 10.2 Å². The first kappa shape index (κ1) is 27.0. The normalized spacial score (nSPS) is 18.2. The van der Waals surface area contributed by atoms with Crippen molar-refractivity contribution >= 4 is 68.1 Å². The first-order valence-electron chi connectivity index (χ1n) is 11.2. The summed E-state index contributed by atoms with van der Waals surface area (Å²) in [5.74, 6) is -0.990. The van der Waals surface area contributed by atoms with Gasteiger partial charge in [-0.05, 0) is 30.2 Å². The molecule has 13 heteroatoms. The van der Waals surface area contributed by atoms with Crippen LogP contribution < -0.4 is 10.6 Å². The van der Waals surface area contributed by atoms with Gasteiger partial charge in [-0.3, -0.25) is 10.1 Å². The number of carbonyl (C=O) groups is 3. The van der Waals surface area contributed by atoms with E-state index < -0.39 is 28.8 Å². The summed E-state index contributed by atoms with van der Waals surface area (Å²) >= 11 is 8.72. The van der Waals surface area contributed by atoms with Crippen LogP contribution in [0.4, 0.5) is 19.1 Å². The van der Waals surface area contributed by atoms with Crippen molar-refractivity contribution < 1.29 is 28.2 Å². The number of aromatic nitrogens is 1. The molecular weight excluding hydrogens is 543 g/mol. The first-order chi connectivity index (χ1) is 17.7. The van der Waals surface area contributed by atoms with E-state index >= 15 is 0 Å². The number of anilines is 1. The molecule has 1 aliphatic rings. The Morgan fingerprint density at radius 1 is 1.22 bits per heavy atom. The van der Waals surface area contributed by atoms with Crippen molar-refractivity contribution in [1.29, 1.82) is 0 Å². The van der Waals surface area contributed by atoms with Crippen LogP contribution in [0.2, 0.25) is 5.02 Å². The average molecular weight is 567 g/mol. The third-order valence-electron chi connectivity index (χ3n) is 5.91. The number of amides is 3. The molecule has 2 heterocycles. The molecule has 1 aliphatic heterocycles. The van der Waals surface area contributed by atoms with Gasteiger partial charge in [0.05, 0.1) is 27.6 Å². The van der Waals surface area contributed by atoms with Crippen LogP contribution in [0.3, 0.4) is 0 Å². The van der Waals surface area contributed by atoms with E-state index in [2.05, 4.69) is 15.6 Å². The lowest BCUT2D eigenvalue weighted by Crippen LogP contribution is -2.47. The lowest BCUT2D eigenvalue weighted by molar-refractivity contribution is -0.141. The predicted molar refractivity (Wildman–Crippen MR) is 141 cm³/mol. The van der Waals surface area contributed by atoms with E-state index in [-0.39, 0.29) is 29.8 Å². The van der Waals surface area contributed by atoms with Crippen molar-refractivity contribution in [2.45, 2.75) is 29.5 Å². The molecule has 3 amide bonds. The van der Waals surface area contributed by atoms with Gasteiger partial charge in [0, 0.05) is 20.0 Å². The zero-order valence-corrected chi connectivity index (χ0v) is 22.3. The molecule has 2 N–H and O–H groups in total. The molecule has 1 saturated heterocycles. The highest BCUT2D eigenvalue weighted by Crippen LogP contribution is 2.58. The van der Waals surface area contributed by atoms with E-state index in [9.17, 15) is 18.8 Å². The average Bonchev–Trinajstić information content (AvgIpc) is 3.46. The predicted octanol–water partition coefficient (Wildman–Crippen LogP) is 5.24. The zero-order valence-electron chi connectivity index (χ0n) is 20.0. The Balaban J connectivity index is 1.36. The number of esters is 1. The Morgan fingerprint density at radius 2 is 2.00 bits per heavy atom. The van der Waals surface area contributed by atoms with Gasteiger partial charge in [-0.15, -0.1) is 11.8 Å². The van der Waals surface area contributed by atoms with Gasteiger partial charge < -0.3 is 19.7 Å². The number of hydrogen-bond donors (Lipinski definition) is 2. The minimum atomic E-state index is -0.792. The van der Waals surface area contributed by atoms with Crippen LogP contribution in [0.15, 0.2) is 42.5 Å². The largest absolute Gasteiger partial charge is 0.469 e. The SMILES string of the molecule is COC(=O)CC[C@]1(N(C)C(=O)NCc2cccc(F)c2Cl)SC1COC(=O)Nc1nc2ccccc2s1. The number of ether oxygens (including phenoxy) is 2. The van der Waals surface area contributed by atoms with Crippen molar-refractivity contribution in [3.05, 3.63) is 58.9 Å². The summed E-state index contributed by atoms with van der Waals surface area (Å²) in [6, 6.07) is 11.4. The Bertz CT molecular complexity index is 1290. The number of nitrogens with zero attached hydrogens (tertiary/aromatic N) is 2. The van der Waals surface area contributed by atoms with Crippen molar-refractivity contribution in [2.75, 3.05) is 26.1 Å². The van der Waals surface area contributed by atoms with Crippen molar-refractivity contribution in [2.24, 2.45) is 0 Å². The maximum Gasteiger partial charge on any atom is 0.413 e. The number of methoxy groups -OCH3 is 1. The van der Waals surface area contributed by atoms with E-state index in [1.807, 2.05) is 24.3 Å². The second kappa shape index (κ2) is 11.5. The molecule has 4 rings (SSSR count). The second-order valence-corrected chi connectivity index (χ2v) is 11.1. The molecule has 1 aromatic heterocycles. The Hall–Kier alpha value is -3.09. The maximum absolute atomic E-state index is 13.7. The number of benzene rings is 2. The second-order valence-electron chi connectivity index (χ2n) is 8.17. The third kappa shape index (κ3) is 6.25. The number of hydrogen-bond acceptors (Lipinski definition) is 8. The molecule has 0 radical (unpaired) electrons. The summed E-state index contributed by atoms with van der Waals surface area (Å²) in [6.45, 7) is 0.0270. The molecule has 3 aromatic rings. The van der Waals surface area contributed by atoms with Gasteiger partial charge in [0.25, 0.3) is 0 Å². The monoisotopic (exact) mass is 566 g/mol. The molecule has 196 valence electrons. The molecule has 37 heavy (non-hydrogen) atoms. The summed E-state index contributed by atoms with van der Waals surface area (Å²) in [7, 11) is 2.88. The first-order valence-corrected chi connectivity index (χ1v) is 13.3. The number of rotatable bonds is 9. The number of thiazole rings is 1. The van der Waals surface area contributed by atoms with Crippen molar-refractivity contribution in [3.63, 3.8) is 0 Å². The van der Waals surface area contributed by atoms with E-state index in [0.29, 0.717) is 17.1 Å². The molecule has 0 spiro atoms. The van der Waals surface area contributed by atoms with E-state index in [1.54, 1.807) is 13.1 Å². The summed E-state index contributed by atoms with van der Waals surface area (Å²) in [6.07, 6.45) is -0.297. The number of carbonyl (C=O) groups excluding carboxylic acids is 3. The summed E-state index contributed by atoms with van der Waals surface area (Å²) in [5.41, 5.74) is 1.21. The van der Waals surface area contributed by atoms with Crippen LogP contribution >= 0.6 is 34.7 Å². The van der Waals surface area contributed by atoms with Crippen molar-refractivity contribution in [1.82, 2.24) is 15.2 Å². The number of urea groups is 1. The molecule has 1 unspecified atom stereocenters. The molecule has 9 nitrogen and oxygen atoms in total. The summed E-state index contributed by atoms with van der Waals surface area (Å²) in [5, 5.41) is 5.44. The molecule has 1 fully saturated rings. The fourth-order valence-electron chi connectivity index (χ4n) is 3.79. The summed E-state index contributed by atoms with van der Waals surface area (Å²) in [4.78, 5) is 42.2. The van der Waals surface area contributed by atoms with Gasteiger partial charge in [0.15, 0.2) is 5.13 Å². The number of fused-ring (bicyclic) bond motifs is 1. The maximum atomic E-state index is 13.7. The smallest absolute Gasteiger partial charge is 0.413 e. The zero-order chi connectivity index (χ0) is 26.6. The molecule has 0 aliphatic carbocycles. The highest BCUT2D eigenvalue weighted by molar-refractivity contribution is 8.08. The molecule has 2 atom stereocenters. The van der Waals surface area contributed by atoms with Gasteiger partial charge >= 0.3 is 18.1 Å². The van der Waals surface area contributed by atoms with E-state index in [4.69, 9.17) is 21.1 Å². The van der Waals surface area contributed by atoms with Gasteiger partial charge in [-0.25, -0.2) is 19.0 Å². The quantitative estimate of drug-likeness (QED) is 0.269.